The van der Waals surface area contributed by atoms with Crippen LogP contribution in [0, 0.1) is 0 Å². The zero-order chi connectivity index (χ0) is 38.8. The first-order valence-corrected chi connectivity index (χ1v) is 17.0. The van der Waals surface area contributed by atoms with Crippen molar-refractivity contribution in [3.05, 3.63) is 102 Å². The summed E-state index contributed by atoms with van der Waals surface area (Å²) in [6.45, 7) is 2.16. The van der Waals surface area contributed by atoms with Gasteiger partial charge in [-0.2, -0.15) is 0 Å². The van der Waals surface area contributed by atoms with Gasteiger partial charge in [-0.3, -0.25) is 44.4 Å². The minimum Gasteiger partial charge on any atom is -0.508 e. The summed E-state index contributed by atoms with van der Waals surface area (Å²) in [6.07, 6.45) is 0.434. The van der Waals surface area contributed by atoms with Crippen LogP contribution in [0.5, 0.6) is 5.75 Å². The Balaban J connectivity index is 1.58. The second kappa shape index (κ2) is 21.2. The Labute approximate surface area is 307 Å². The fraction of sp³-hybridized carbons (Fsp3) is 0.324. The molecule has 0 aromatic heterocycles. The molecule has 1 unspecified atom stereocenters. The van der Waals surface area contributed by atoms with E-state index in [1.54, 1.807) is 79.7 Å². The third-order valence-corrected chi connectivity index (χ3v) is 7.85. The molecular formula is C37H46N8O8. The number of hydrazine groups is 1. The van der Waals surface area contributed by atoms with Crippen molar-refractivity contribution >= 4 is 41.4 Å². The van der Waals surface area contributed by atoms with Gasteiger partial charge >= 0.3 is 0 Å². The Morgan fingerprint density at radius 3 is 1.49 bits per heavy atom. The standard InChI is InChI=1S/C37H46N8O8/c1-3-31(47)39-21-32(48)42-29(19-24-10-6-4-7-11-24)36(52)44-45-37(53)30(20-25-12-8-5-9-13-25)43-33(49)22-40-34(50)23(2)41-35(51)28(38)18-26-14-16-27(46)17-15-26/h4-17,23,28-30,46H,3,18-22,38H2,1-2H3,(H,39,47)(H,40,50)(H,41,51)(H,42,48)(H,43,49)(H,44,52)(H,45,53)/t23-,28+,29+,30?/m1/s1. The molecule has 0 fully saturated rings. The largest absolute Gasteiger partial charge is 0.508 e. The number of rotatable bonds is 18. The number of nitrogens with one attached hydrogen (secondary N) is 7. The van der Waals surface area contributed by atoms with Crippen LogP contribution in [0.4, 0.5) is 0 Å². The number of carbonyl (C=O) groups excluding carboxylic acids is 7. The number of aromatic hydroxyl groups is 1. The number of phenolic OH excluding ortho intramolecular Hbond substituents is 1. The van der Waals surface area contributed by atoms with E-state index < -0.39 is 66.2 Å². The van der Waals surface area contributed by atoms with Crippen LogP contribution in [0.2, 0.25) is 0 Å². The summed E-state index contributed by atoms with van der Waals surface area (Å²) >= 11 is 0. The molecule has 16 heteroatoms. The second-order valence-corrected chi connectivity index (χ2v) is 12.2. The summed E-state index contributed by atoms with van der Waals surface area (Å²) in [5, 5.41) is 21.9. The highest BCUT2D eigenvalue weighted by atomic mass is 16.3. The van der Waals surface area contributed by atoms with Crippen molar-refractivity contribution in [2.45, 2.75) is 63.7 Å². The summed E-state index contributed by atoms with van der Waals surface area (Å²) in [7, 11) is 0. The van der Waals surface area contributed by atoms with E-state index in [1.807, 2.05) is 0 Å². The number of hydrogen-bond donors (Lipinski definition) is 9. The minimum absolute atomic E-state index is 0.0227. The van der Waals surface area contributed by atoms with E-state index >= 15 is 0 Å². The van der Waals surface area contributed by atoms with Gasteiger partial charge in [0.25, 0.3) is 11.8 Å². The van der Waals surface area contributed by atoms with Crippen molar-refractivity contribution in [2.75, 3.05) is 13.1 Å². The molecule has 3 rings (SSSR count). The van der Waals surface area contributed by atoms with Gasteiger partial charge in [0, 0.05) is 19.3 Å². The van der Waals surface area contributed by atoms with E-state index in [0.717, 1.165) is 5.56 Å². The molecule has 282 valence electrons. The molecule has 53 heavy (non-hydrogen) atoms. The summed E-state index contributed by atoms with van der Waals surface area (Å²) in [5.41, 5.74) is 12.7. The average Bonchev–Trinajstić information content (AvgIpc) is 3.15. The SMILES string of the molecule is CCC(=O)NCC(=O)N[C@@H](Cc1ccccc1)C(=O)NNC(=O)C(Cc1ccccc1)NC(=O)CNC(=O)[C@@H](C)NC(=O)[C@@H](N)Cc1ccc(O)cc1. The van der Waals surface area contributed by atoms with Crippen LogP contribution in [-0.4, -0.2) is 83.7 Å². The van der Waals surface area contributed by atoms with Crippen LogP contribution in [0.3, 0.4) is 0 Å². The zero-order valence-electron chi connectivity index (χ0n) is 29.5. The molecule has 7 amide bonds. The third kappa shape index (κ3) is 14.8. The summed E-state index contributed by atoms with van der Waals surface area (Å²) in [6, 6.07) is 19.4. The lowest BCUT2D eigenvalue weighted by Gasteiger charge is -2.22. The predicted octanol–water partition coefficient (Wildman–Crippen LogP) is -0.988. The van der Waals surface area contributed by atoms with Crippen LogP contribution >= 0.6 is 0 Å². The minimum atomic E-state index is -1.21. The maximum Gasteiger partial charge on any atom is 0.261 e. The molecule has 0 saturated heterocycles. The normalized spacial score (nSPS) is 12.8. The average molecular weight is 731 g/mol. The monoisotopic (exact) mass is 730 g/mol. The molecular weight excluding hydrogens is 684 g/mol. The highest BCUT2D eigenvalue weighted by Gasteiger charge is 2.26. The molecule has 0 bridgehead atoms. The first-order valence-electron chi connectivity index (χ1n) is 17.0. The molecule has 0 heterocycles. The number of carbonyl (C=O) groups is 7. The molecule has 10 N–H and O–H groups in total. The van der Waals surface area contributed by atoms with Crippen molar-refractivity contribution in [3.63, 3.8) is 0 Å². The van der Waals surface area contributed by atoms with Crippen LogP contribution in [0.25, 0.3) is 0 Å². The maximum absolute atomic E-state index is 13.3. The molecule has 0 spiro atoms. The van der Waals surface area contributed by atoms with Gasteiger partial charge in [-0.05, 0) is 42.2 Å². The lowest BCUT2D eigenvalue weighted by atomic mass is 10.0. The fourth-order valence-electron chi connectivity index (χ4n) is 4.90. The van der Waals surface area contributed by atoms with Crippen LogP contribution in [0.15, 0.2) is 84.9 Å². The maximum atomic E-state index is 13.3. The molecule has 0 saturated carbocycles. The molecule has 16 nitrogen and oxygen atoms in total. The summed E-state index contributed by atoms with van der Waals surface area (Å²) in [5.74, 6) is -4.43. The topological polar surface area (TPSA) is 250 Å². The van der Waals surface area contributed by atoms with Crippen LogP contribution in [-0.2, 0) is 52.8 Å². The van der Waals surface area contributed by atoms with Gasteiger partial charge in [-0.15, -0.1) is 0 Å². The van der Waals surface area contributed by atoms with Gasteiger partial charge in [0.1, 0.15) is 23.9 Å². The Bertz CT molecular complexity index is 1710. The first kappa shape index (κ1) is 41.1. The second-order valence-electron chi connectivity index (χ2n) is 12.2. The molecule has 3 aromatic rings. The van der Waals surface area contributed by atoms with E-state index in [4.69, 9.17) is 5.73 Å². The lowest BCUT2D eigenvalue weighted by molar-refractivity contribution is -0.134. The van der Waals surface area contributed by atoms with Crippen molar-refractivity contribution in [1.29, 1.82) is 0 Å². The molecule has 3 aromatic carbocycles. The van der Waals surface area contributed by atoms with Crippen LogP contribution < -0.4 is 43.2 Å². The van der Waals surface area contributed by atoms with Gasteiger partial charge in [0.05, 0.1) is 19.1 Å². The molecule has 0 radical (unpaired) electrons. The quantitative estimate of drug-likeness (QED) is 0.0728. The lowest BCUT2D eigenvalue weighted by Crippen LogP contribution is -2.58. The van der Waals surface area contributed by atoms with Crippen molar-refractivity contribution in [2.24, 2.45) is 5.73 Å². The predicted molar refractivity (Wildman–Crippen MR) is 194 cm³/mol. The summed E-state index contributed by atoms with van der Waals surface area (Å²) in [4.78, 5) is 88.9. The molecule has 0 aliphatic heterocycles. The zero-order valence-corrected chi connectivity index (χ0v) is 29.5. The smallest absolute Gasteiger partial charge is 0.261 e. The molecule has 0 aliphatic rings. The van der Waals surface area contributed by atoms with Gasteiger partial charge in [-0.25, -0.2) is 0 Å². The number of amides is 7. The van der Waals surface area contributed by atoms with Crippen molar-refractivity contribution in [3.8, 4) is 5.75 Å². The van der Waals surface area contributed by atoms with Crippen molar-refractivity contribution < 1.29 is 38.7 Å². The Hall–Kier alpha value is -6.29. The van der Waals surface area contributed by atoms with Gasteiger partial charge in [-0.1, -0.05) is 79.7 Å². The third-order valence-electron chi connectivity index (χ3n) is 7.85. The van der Waals surface area contributed by atoms with E-state index in [2.05, 4.69) is 37.4 Å². The van der Waals surface area contributed by atoms with Crippen LogP contribution in [0.1, 0.15) is 37.0 Å². The first-order chi connectivity index (χ1) is 25.3. The number of hydrogen-bond acceptors (Lipinski definition) is 9. The molecule has 4 atom stereocenters. The van der Waals surface area contributed by atoms with E-state index in [9.17, 15) is 38.7 Å². The molecule has 0 aliphatic carbocycles. The Morgan fingerprint density at radius 1 is 0.566 bits per heavy atom. The van der Waals surface area contributed by atoms with Crippen molar-refractivity contribution in [1.82, 2.24) is 37.4 Å². The Kier molecular flexibility index (Phi) is 16.4. The number of nitrogens with two attached hydrogens (primary N) is 1. The van der Waals surface area contributed by atoms with E-state index in [-0.39, 0.29) is 43.9 Å². The highest BCUT2D eigenvalue weighted by molar-refractivity contribution is 5.94. The summed E-state index contributed by atoms with van der Waals surface area (Å²) < 4.78 is 0. The number of phenols is 1. The van der Waals surface area contributed by atoms with Gasteiger partial charge in [0.15, 0.2) is 0 Å². The van der Waals surface area contributed by atoms with Gasteiger partial charge in [0.2, 0.25) is 29.5 Å². The highest BCUT2D eigenvalue weighted by Crippen LogP contribution is 2.11. The van der Waals surface area contributed by atoms with E-state index in [0.29, 0.717) is 11.1 Å². The number of benzene rings is 3. The Morgan fingerprint density at radius 2 is 1.02 bits per heavy atom. The van der Waals surface area contributed by atoms with Gasteiger partial charge < -0.3 is 37.4 Å². The fourth-order valence-corrected chi connectivity index (χ4v) is 4.90. The van der Waals surface area contributed by atoms with E-state index in [1.165, 1.54) is 19.1 Å².